The van der Waals surface area contributed by atoms with E-state index < -0.39 is 6.09 Å². The molecule has 1 amide bonds. The van der Waals surface area contributed by atoms with Gasteiger partial charge in [-0.15, -0.1) is 0 Å². The van der Waals surface area contributed by atoms with Crippen LogP contribution in [0.25, 0.3) is 0 Å². The molecule has 0 aliphatic carbocycles. The molecule has 0 aliphatic rings. The molecule has 1 heterocycles. The largest absolute Gasteiger partial charge is 0.444 e. The van der Waals surface area contributed by atoms with Crippen LogP contribution >= 0.6 is 23.2 Å². The maximum Gasteiger partial charge on any atom is 0.413 e. The van der Waals surface area contributed by atoms with E-state index in [9.17, 15) is 4.79 Å². The van der Waals surface area contributed by atoms with Crippen LogP contribution in [0.4, 0.5) is 10.6 Å². The van der Waals surface area contributed by atoms with Crippen LogP contribution in [-0.2, 0) is 11.3 Å². The predicted octanol–water partition coefficient (Wildman–Crippen LogP) is 4.14. The molecule has 0 bridgehead atoms. The van der Waals surface area contributed by atoms with E-state index >= 15 is 0 Å². The van der Waals surface area contributed by atoms with Gasteiger partial charge in [0.1, 0.15) is 17.6 Å². The first-order valence-electron chi connectivity index (χ1n) is 5.44. The second kappa shape index (κ2) is 6.41. The summed E-state index contributed by atoms with van der Waals surface area (Å²) in [5.74, 6) is 0.246. The molecule has 0 unspecified atom stereocenters. The van der Waals surface area contributed by atoms with Crippen molar-refractivity contribution in [2.45, 2.75) is 6.61 Å². The van der Waals surface area contributed by atoms with Crippen LogP contribution in [0.5, 0.6) is 0 Å². The van der Waals surface area contributed by atoms with Gasteiger partial charge in [0.25, 0.3) is 0 Å². The summed E-state index contributed by atoms with van der Waals surface area (Å²) < 4.78 is 5.04. The average Bonchev–Trinajstić information content (AvgIpc) is 2.36. The fourth-order valence-corrected chi connectivity index (χ4v) is 1.86. The normalized spacial score (nSPS) is 10.0. The third-order valence-electron chi connectivity index (χ3n) is 2.20. The minimum atomic E-state index is -0.616. The van der Waals surface area contributed by atoms with Gasteiger partial charge in [-0.3, -0.25) is 5.32 Å². The zero-order chi connectivity index (χ0) is 13.7. The van der Waals surface area contributed by atoms with Gasteiger partial charge in [-0.2, -0.15) is 0 Å². The number of ether oxygens (including phenoxy) is 1. The molecule has 2 rings (SSSR count). The number of rotatable bonds is 3. The summed E-state index contributed by atoms with van der Waals surface area (Å²) in [4.78, 5) is 15.4. The van der Waals surface area contributed by atoms with Gasteiger partial charge in [-0.25, -0.2) is 9.78 Å². The Kier molecular flexibility index (Phi) is 4.60. The van der Waals surface area contributed by atoms with Gasteiger partial charge in [0.15, 0.2) is 0 Å². The lowest BCUT2D eigenvalue weighted by atomic mass is 10.2. The summed E-state index contributed by atoms with van der Waals surface area (Å²) in [5, 5.41) is 3.04. The van der Waals surface area contributed by atoms with Crippen LogP contribution in [0.3, 0.4) is 0 Å². The van der Waals surface area contributed by atoms with Gasteiger partial charge in [0.05, 0.1) is 0 Å². The highest BCUT2D eigenvalue weighted by atomic mass is 35.5. The Labute approximate surface area is 120 Å². The number of hydrogen-bond donors (Lipinski definition) is 1. The van der Waals surface area contributed by atoms with E-state index in [0.29, 0.717) is 5.02 Å². The number of benzene rings is 1. The number of hydrogen-bond acceptors (Lipinski definition) is 3. The second-order valence-electron chi connectivity index (χ2n) is 3.68. The van der Waals surface area contributed by atoms with Crippen LogP contribution < -0.4 is 5.32 Å². The summed E-state index contributed by atoms with van der Waals surface area (Å²) in [5.41, 5.74) is 0.898. The molecular formula is C13H10Cl2N2O2. The Hall–Kier alpha value is -1.78. The number of nitrogens with zero attached hydrogens (tertiary/aromatic N) is 1. The molecule has 1 aromatic heterocycles. The van der Waals surface area contributed by atoms with Crippen molar-refractivity contribution in [1.29, 1.82) is 0 Å². The Balaban J connectivity index is 1.91. The Morgan fingerprint density at radius 1 is 1.21 bits per heavy atom. The van der Waals surface area contributed by atoms with Gasteiger partial charge in [0, 0.05) is 5.02 Å². The van der Waals surface area contributed by atoms with E-state index in [1.54, 1.807) is 0 Å². The first kappa shape index (κ1) is 13.6. The van der Waals surface area contributed by atoms with Gasteiger partial charge in [-0.05, 0) is 17.7 Å². The number of carbonyl (C=O) groups is 1. The summed E-state index contributed by atoms with van der Waals surface area (Å²) in [7, 11) is 0. The van der Waals surface area contributed by atoms with Crippen molar-refractivity contribution in [1.82, 2.24) is 4.98 Å². The monoisotopic (exact) mass is 296 g/mol. The van der Waals surface area contributed by atoms with E-state index in [-0.39, 0.29) is 17.6 Å². The molecule has 0 fully saturated rings. The standard InChI is InChI=1S/C13H10Cl2N2O2/c14-10-6-11(15)16-12(7-10)17-13(18)19-8-9-4-2-1-3-5-9/h1-7H,8H2,(H,16,17,18). The Morgan fingerprint density at radius 2 is 1.95 bits per heavy atom. The van der Waals surface area contributed by atoms with Gasteiger partial charge < -0.3 is 4.74 Å². The number of aromatic nitrogens is 1. The minimum Gasteiger partial charge on any atom is -0.444 e. The molecule has 6 heteroatoms. The summed E-state index contributed by atoms with van der Waals surface area (Å²) in [6, 6.07) is 12.3. The molecule has 0 saturated carbocycles. The van der Waals surface area contributed by atoms with Crippen molar-refractivity contribution in [3.8, 4) is 0 Å². The van der Waals surface area contributed by atoms with E-state index in [4.69, 9.17) is 27.9 Å². The number of pyridine rings is 1. The highest BCUT2D eigenvalue weighted by Crippen LogP contribution is 2.18. The molecule has 19 heavy (non-hydrogen) atoms. The number of anilines is 1. The maximum absolute atomic E-state index is 11.5. The van der Waals surface area contributed by atoms with E-state index in [2.05, 4.69) is 10.3 Å². The zero-order valence-corrected chi connectivity index (χ0v) is 11.3. The molecular weight excluding hydrogens is 287 g/mol. The molecule has 0 atom stereocenters. The molecule has 98 valence electrons. The lowest BCUT2D eigenvalue weighted by molar-refractivity contribution is 0.155. The summed E-state index contributed by atoms with van der Waals surface area (Å²) in [6.07, 6.45) is -0.616. The third-order valence-corrected chi connectivity index (χ3v) is 2.61. The van der Waals surface area contributed by atoms with E-state index in [0.717, 1.165) is 5.56 Å². The number of amides is 1. The smallest absolute Gasteiger partial charge is 0.413 e. The van der Waals surface area contributed by atoms with Crippen LogP contribution in [0.15, 0.2) is 42.5 Å². The summed E-state index contributed by atoms with van der Waals surface area (Å²) in [6.45, 7) is 0.182. The number of halogens is 2. The molecule has 4 nitrogen and oxygen atoms in total. The number of nitrogens with one attached hydrogen (secondary N) is 1. The van der Waals surface area contributed by atoms with E-state index in [1.807, 2.05) is 30.3 Å². The number of carbonyl (C=O) groups excluding carboxylic acids is 1. The minimum absolute atomic E-state index is 0.182. The predicted molar refractivity (Wildman–Crippen MR) is 74.5 cm³/mol. The highest BCUT2D eigenvalue weighted by Gasteiger charge is 2.06. The molecule has 1 N–H and O–H groups in total. The molecule has 0 saturated heterocycles. The first-order valence-corrected chi connectivity index (χ1v) is 6.20. The molecule has 1 aromatic carbocycles. The summed E-state index contributed by atoms with van der Waals surface area (Å²) >= 11 is 11.5. The highest BCUT2D eigenvalue weighted by molar-refractivity contribution is 6.34. The van der Waals surface area contributed by atoms with Crippen LogP contribution in [-0.4, -0.2) is 11.1 Å². The van der Waals surface area contributed by atoms with Crippen LogP contribution in [0.2, 0.25) is 10.2 Å². The van der Waals surface area contributed by atoms with Crippen molar-refractivity contribution in [3.63, 3.8) is 0 Å². The van der Waals surface area contributed by atoms with Gasteiger partial charge in [0.2, 0.25) is 0 Å². The fraction of sp³-hybridized carbons (Fsp3) is 0.0769. The second-order valence-corrected chi connectivity index (χ2v) is 4.50. The zero-order valence-electron chi connectivity index (χ0n) is 9.77. The fourth-order valence-electron chi connectivity index (χ4n) is 1.39. The van der Waals surface area contributed by atoms with Gasteiger partial charge in [-0.1, -0.05) is 53.5 Å². The molecule has 0 aliphatic heterocycles. The molecule has 2 aromatic rings. The van der Waals surface area contributed by atoms with Crippen molar-refractivity contribution >= 4 is 35.1 Å². The quantitative estimate of drug-likeness (QED) is 0.866. The van der Waals surface area contributed by atoms with Crippen molar-refractivity contribution < 1.29 is 9.53 Å². The van der Waals surface area contributed by atoms with Crippen molar-refractivity contribution in [2.24, 2.45) is 0 Å². The molecule has 0 spiro atoms. The maximum atomic E-state index is 11.5. The lowest BCUT2D eigenvalue weighted by Gasteiger charge is -2.07. The SMILES string of the molecule is O=C(Nc1cc(Cl)cc(Cl)n1)OCc1ccccc1. The van der Waals surface area contributed by atoms with Crippen molar-refractivity contribution in [2.75, 3.05) is 5.32 Å². The Bertz CT molecular complexity index is 556. The van der Waals surface area contributed by atoms with Crippen molar-refractivity contribution in [3.05, 3.63) is 58.2 Å². The lowest BCUT2D eigenvalue weighted by Crippen LogP contribution is -2.14. The average molecular weight is 297 g/mol. The first-order chi connectivity index (χ1) is 9.13. The van der Waals surface area contributed by atoms with Crippen LogP contribution in [0, 0.1) is 0 Å². The Morgan fingerprint density at radius 3 is 2.63 bits per heavy atom. The van der Waals surface area contributed by atoms with Crippen LogP contribution in [0.1, 0.15) is 5.56 Å². The third kappa shape index (κ3) is 4.43. The van der Waals surface area contributed by atoms with Gasteiger partial charge >= 0.3 is 6.09 Å². The van der Waals surface area contributed by atoms with E-state index in [1.165, 1.54) is 12.1 Å². The molecule has 0 radical (unpaired) electrons. The topological polar surface area (TPSA) is 51.2 Å².